The Hall–Kier alpha value is -1.50. The van der Waals surface area contributed by atoms with Crippen LogP contribution in [0, 0.1) is 0 Å². The predicted molar refractivity (Wildman–Crippen MR) is 126 cm³/mol. The first-order valence-electron chi connectivity index (χ1n) is 10.3. The average molecular weight is 489 g/mol. The second-order valence-corrected chi connectivity index (χ2v) is 14.9. The first-order valence-corrected chi connectivity index (χ1v) is 15.0. The van der Waals surface area contributed by atoms with Crippen molar-refractivity contribution in [2.75, 3.05) is 0 Å². The number of benzene rings is 2. The van der Waals surface area contributed by atoms with Gasteiger partial charge in [-0.05, 0) is 47.7 Å². The fraction of sp³-hybridized carbons (Fsp3) is 0.348. The molecule has 1 aliphatic carbocycles. The number of halogens is 1. The standard InChI is InChI=1S/C23H26BrNO2SSi/c1-3-29(4-2)22-15-17(14-19-18(22)10-6-11-20(19)24)28(26,27)21-12-5-8-16-9-7-13-25-23(16)21/h5-13,17,22,29H,3-4,14-15H2,1-2H3/t17?,22-/m0/s1. The molecule has 0 radical (unpaired) electrons. The summed E-state index contributed by atoms with van der Waals surface area (Å²) in [6.45, 7) is 4.54. The second-order valence-electron chi connectivity index (χ2n) is 7.93. The molecule has 29 heavy (non-hydrogen) atoms. The maximum absolute atomic E-state index is 13.8. The Morgan fingerprint density at radius 2 is 1.79 bits per heavy atom. The molecule has 152 valence electrons. The van der Waals surface area contributed by atoms with Gasteiger partial charge in [0.2, 0.25) is 0 Å². The average Bonchev–Trinajstić information content (AvgIpc) is 2.74. The van der Waals surface area contributed by atoms with Gasteiger partial charge < -0.3 is 0 Å². The zero-order valence-corrected chi connectivity index (χ0v) is 20.4. The Morgan fingerprint density at radius 1 is 1.07 bits per heavy atom. The Morgan fingerprint density at radius 3 is 2.55 bits per heavy atom. The third-order valence-corrected chi connectivity index (χ3v) is 13.3. The van der Waals surface area contributed by atoms with Gasteiger partial charge in [-0.25, -0.2) is 8.42 Å². The molecule has 4 rings (SSSR count). The molecule has 0 spiro atoms. The summed E-state index contributed by atoms with van der Waals surface area (Å²) in [5.41, 5.74) is 3.55. The summed E-state index contributed by atoms with van der Waals surface area (Å²) in [5, 5.41) is 0.469. The van der Waals surface area contributed by atoms with Crippen LogP contribution < -0.4 is 0 Å². The van der Waals surface area contributed by atoms with E-state index in [9.17, 15) is 8.42 Å². The molecule has 0 fully saturated rings. The van der Waals surface area contributed by atoms with Crippen LogP contribution in [-0.4, -0.2) is 27.4 Å². The third-order valence-electron chi connectivity index (χ3n) is 6.46. The molecule has 2 atom stereocenters. The Balaban J connectivity index is 1.83. The van der Waals surface area contributed by atoms with Crippen LogP contribution in [0.15, 0.2) is 64.1 Å². The van der Waals surface area contributed by atoms with Gasteiger partial charge in [0.15, 0.2) is 9.84 Å². The van der Waals surface area contributed by atoms with Crippen molar-refractivity contribution in [2.24, 2.45) is 0 Å². The zero-order valence-electron chi connectivity index (χ0n) is 16.8. The van der Waals surface area contributed by atoms with Gasteiger partial charge in [-0.2, -0.15) is 0 Å². The van der Waals surface area contributed by atoms with Crippen molar-refractivity contribution in [3.05, 3.63) is 70.3 Å². The number of pyridine rings is 1. The first kappa shape index (κ1) is 20.8. The van der Waals surface area contributed by atoms with Crippen molar-refractivity contribution in [3.63, 3.8) is 0 Å². The van der Waals surface area contributed by atoms with Crippen LogP contribution in [0.2, 0.25) is 12.1 Å². The minimum Gasteiger partial charge on any atom is -0.255 e. The van der Waals surface area contributed by atoms with Crippen LogP contribution in [0.1, 0.15) is 36.9 Å². The first-order chi connectivity index (χ1) is 14.0. The van der Waals surface area contributed by atoms with Crippen LogP contribution >= 0.6 is 15.9 Å². The molecule has 1 unspecified atom stereocenters. The highest BCUT2D eigenvalue weighted by molar-refractivity contribution is 9.10. The molecule has 0 amide bonds. The molecule has 1 heterocycles. The maximum Gasteiger partial charge on any atom is 0.183 e. The lowest BCUT2D eigenvalue weighted by atomic mass is 9.91. The number of hydrogen-bond donors (Lipinski definition) is 0. The molecular weight excluding hydrogens is 462 g/mol. The van der Waals surface area contributed by atoms with Gasteiger partial charge in [0.1, 0.15) is 0 Å². The summed E-state index contributed by atoms with van der Waals surface area (Å²) >= 11 is 3.70. The largest absolute Gasteiger partial charge is 0.255 e. The van der Waals surface area contributed by atoms with E-state index in [0.717, 1.165) is 16.3 Å². The van der Waals surface area contributed by atoms with Gasteiger partial charge in [0, 0.05) is 24.9 Å². The molecule has 2 aromatic carbocycles. The summed E-state index contributed by atoms with van der Waals surface area (Å²) in [6.07, 6.45) is 2.97. The molecule has 0 N–H and O–H groups in total. The maximum atomic E-state index is 13.8. The van der Waals surface area contributed by atoms with Crippen molar-refractivity contribution < 1.29 is 8.42 Å². The van der Waals surface area contributed by atoms with E-state index in [-0.39, 0.29) is 0 Å². The van der Waals surface area contributed by atoms with Crippen LogP contribution in [0.25, 0.3) is 10.9 Å². The molecule has 1 aliphatic rings. The van der Waals surface area contributed by atoms with Gasteiger partial charge in [-0.15, -0.1) is 0 Å². The van der Waals surface area contributed by atoms with Gasteiger partial charge >= 0.3 is 0 Å². The molecule has 3 nitrogen and oxygen atoms in total. The fourth-order valence-corrected chi connectivity index (χ4v) is 10.8. The van der Waals surface area contributed by atoms with Crippen molar-refractivity contribution in [1.82, 2.24) is 4.98 Å². The number of hydrogen-bond acceptors (Lipinski definition) is 3. The van der Waals surface area contributed by atoms with Crippen LogP contribution in [-0.2, 0) is 16.3 Å². The van der Waals surface area contributed by atoms with Crippen molar-refractivity contribution >= 4 is 45.5 Å². The van der Waals surface area contributed by atoms with E-state index in [1.54, 1.807) is 12.3 Å². The van der Waals surface area contributed by atoms with E-state index in [4.69, 9.17) is 0 Å². The molecule has 0 saturated heterocycles. The Labute approximate surface area is 183 Å². The lowest BCUT2D eigenvalue weighted by Gasteiger charge is -2.35. The quantitative estimate of drug-likeness (QED) is 0.435. The van der Waals surface area contributed by atoms with Crippen LogP contribution in [0.5, 0.6) is 0 Å². The van der Waals surface area contributed by atoms with Crippen LogP contribution in [0.4, 0.5) is 0 Å². The van der Waals surface area contributed by atoms with Crippen molar-refractivity contribution in [2.45, 2.75) is 54.5 Å². The van der Waals surface area contributed by atoms with Crippen molar-refractivity contribution in [1.29, 1.82) is 0 Å². The highest BCUT2D eigenvalue weighted by Gasteiger charge is 2.39. The van der Waals surface area contributed by atoms with E-state index in [1.165, 1.54) is 23.2 Å². The number of para-hydroxylation sites is 1. The van der Waals surface area contributed by atoms with Gasteiger partial charge in [-0.1, -0.05) is 72.2 Å². The van der Waals surface area contributed by atoms with E-state index < -0.39 is 23.9 Å². The second kappa shape index (κ2) is 8.32. The minimum atomic E-state index is -3.49. The summed E-state index contributed by atoms with van der Waals surface area (Å²) in [6, 6.07) is 18.0. The Kier molecular flexibility index (Phi) is 5.96. The number of fused-ring (bicyclic) bond motifs is 2. The third kappa shape index (κ3) is 3.71. The lowest BCUT2D eigenvalue weighted by molar-refractivity contribution is 0.555. The number of rotatable bonds is 5. The van der Waals surface area contributed by atoms with Crippen molar-refractivity contribution in [3.8, 4) is 0 Å². The lowest BCUT2D eigenvalue weighted by Crippen LogP contribution is -2.36. The zero-order chi connectivity index (χ0) is 20.6. The molecule has 0 saturated carbocycles. The van der Waals surface area contributed by atoms with E-state index in [1.807, 2.05) is 30.3 Å². The SMILES string of the molecule is CC[SiH](CC)[C@H]1CC(S(=O)(=O)c2cccc3cccnc23)Cc2c(Br)cccc21. The highest BCUT2D eigenvalue weighted by Crippen LogP contribution is 2.42. The molecule has 0 bridgehead atoms. The van der Waals surface area contributed by atoms with Gasteiger partial charge in [0.25, 0.3) is 0 Å². The topological polar surface area (TPSA) is 47.0 Å². The number of nitrogens with zero attached hydrogens (tertiary/aromatic N) is 1. The highest BCUT2D eigenvalue weighted by atomic mass is 79.9. The molecule has 0 aliphatic heterocycles. The number of sulfone groups is 1. The van der Waals surface area contributed by atoms with E-state index >= 15 is 0 Å². The molecule has 3 aromatic rings. The van der Waals surface area contributed by atoms with E-state index in [0.29, 0.717) is 22.4 Å². The smallest absolute Gasteiger partial charge is 0.183 e. The summed E-state index contributed by atoms with van der Waals surface area (Å²) in [7, 11) is -4.58. The van der Waals surface area contributed by atoms with Crippen LogP contribution in [0.3, 0.4) is 0 Å². The van der Waals surface area contributed by atoms with Gasteiger partial charge in [-0.3, -0.25) is 4.98 Å². The minimum absolute atomic E-state index is 0.376. The Bertz CT molecular complexity index is 1140. The summed E-state index contributed by atoms with van der Waals surface area (Å²) < 4.78 is 28.7. The predicted octanol–water partition coefficient (Wildman–Crippen LogP) is 5.68. The molecular formula is C23H26BrNO2SSi. The van der Waals surface area contributed by atoms with E-state index in [2.05, 4.69) is 46.9 Å². The monoisotopic (exact) mass is 487 g/mol. The fourth-order valence-electron chi connectivity index (χ4n) is 4.89. The molecule has 6 heteroatoms. The van der Waals surface area contributed by atoms with Gasteiger partial charge in [0.05, 0.1) is 15.7 Å². The molecule has 1 aromatic heterocycles. The number of aromatic nitrogens is 1. The summed E-state index contributed by atoms with van der Waals surface area (Å²) in [5.74, 6) is 0. The normalized spacial score (nSPS) is 19.4. The summed E-state index contributed by atoms with van der Waals surface area (Å²) in [4.78, 5) is 4.79.